The van der Waals surface area contributed by atoms with Gasteiger partial charge in [0.25, 0.3) is 5.91 Å². The van der Waals surface area contributed by atoms with Gasteiger partial charge in [0, 0.05) is 61.0 Å². The van der Waals surface area contributed by atoms with Gasteiger partial charge in [-0.25, -0.2) is 0 Å². The second kappa shape index (κ2) is 9.19. The van der Waals surface area contributed by atoms with Crippen LogP contribution >= 0.6 is 11.6 Å². The van der Waals surface area contributed by atoms with E-state index in [0.29, 0.717) is 17.6 Å². The monoisotopic (exact) mass is 439 g/mol. The summed E-state index contributed by atoms with van der Waals surface area (Å²) in [4.78, 5) is 17.9. The minimum absolute atomic E-state index is 0.128. The molecule has 1 N–H and O–H groups in total. The molecule has 1 aliphatic heterocycles. The number of halogens is 1. The van der Waals surface area contributed by atoms with Crippen molar-refractivity contribution in [3.63, 3.8) is 0 Å². The summed E-state index contributed by atoms with van der Waals surface area (Å²) in [7, 11) is 0. The van der Waals surface area contributed by atoms with Crippen LogP contribution in [0.25, 0.3) is 0 Å². The molecule has 1 amide bonds. The molecule has 1 heterocycles. The van der Waals surface area contributed by atoms with Crippen LogP contribution in [0.15, 0.2) is 42.5 Å². The van der Waals surface area contributed by atoms with Gasteiger partial charge >= 0.3 is 0 Å². The van der Waals surface area contributed by atoms with Crippen LogP contribution in [0.3, 0.4) is 0 Å². The van der Waals surface area contributed by atoms with Crippen molar-refractivity contribution >= 4 is 17.5 Å². The Morgan fingerprint density at radius 3 is 2.55 bits per heavy atom. The summed E-state index contributed by atoms with van der Waals surface area (Å²) >= 11 is 6.00. The largest absolute Gasteiger partial charge is 0.457 e. The molecule has 0 spiro atoms. The minimum atomic E-state index is 0.128. The fourth-order valence-corrected chi connectivity index (χ4v) is 4.38. The molecule has 0 radical (unpaired) electrons. The second-order valence-corrected chi connectivity index (χ2v) is 9.38. The highest BCUT2D eigenvalue weighted by molar-refractivity contribution is 6.30. The van der Waals surface area contributed by atoms with Crippen molar-refractivity contribution in [2.45, 2.75) is 50.7 Å². The molecule has 164 valence electrons. The normalized spacial score (nSPS) is 19.8. The van der Waals surface area contributed by atoms with Gasteiger partial charge in [-0.1, -0.05) is 11.6 Å². The van der Waals surface area contributed by atoms with E-state index in [1.54, 1.807) is 0 Å². The zero-order chi connectivity index (χ0) is 21.2. The molecule has 0 atom stereocenters. The quantitative estimate of drug-likeness (QED) is 0.679. The van der Waals surface area contributed by atoms with Crippen LogP contribution in [-0.4, -0.2) is 54.0 Å². The number of benzene rings is 2. The summed E-state index contributed by atoms with van der Waals surface area (Å²) in [6, 6.07) is 14.6. The maximum Gasteiger partial charge on any atom is 0.253 e. The fourth-order valence-electron chi connectivity index (χ4n) is 4.25. The summed E-state index contributed by atoms with van der Waals surface area (Å²) in [5.74, 6) is 1.65. The van der Waals surface area contributed by atoms with Gasteiger partial charge in [-0.3, -0.25) is 9.69 Å². The molecule has 0 unspecified atom stereocenters. The number of hydrogen-bond donors (Lipinski definition) is 1. The first-order valence-corrected chi connectivity index (χ1v) is 11.9. The van der Waals surface area contributed by atoms with Crippen molar-refractivity contribution < 1.29 is 9.53 Å². The Kier molecular flexibility index (Phi) is 6.17. The van der Waals surface area contributed by atoms with Gasteiger partial charge in [-0.2, -0.15) is 0 Å². The van der Waals surface area contributed by atoms with Crippen LogP contribution in [-0.2, 0) is 6.54 Å². The lowest BCUT2D eigenvalue weighted by atomic mass is 10.1. The lowest BCUT2D eigenvalue weighted by molar-refractivity contribution is 0.0761. The van der Waals surface area contributed by atoms with E-state index in [0.717, 1.165) is 61.3 Å². The van der Waals surface area contributed by atoms with Crippen molar-refractivity contribution in [3.8, 4) is 11.5 Å². The Morgan fingerprint density at radius 1 is 1.00 bits per heavy atom. The summed E-state index contributed by atoms with van der Waals surface area (Å²) < 4.78 is 6.13. The average Bonchev–Trinajstić information content (AvgIpc) is 3.66. The van der Waals surface area contributed by atoms with Gasteiger partial charge in [0.05, 0.1) is 0 Å². The first-order chi connectivity index (χ1) is 15.2. The lowest BCUT2D eigenvalue weighted by Gasteiger charge is -2.22. The van der Waals surface area contributed by atoms with E-state index >= 15 is 0 Å². The first-order valence-electron chi connectivity index (χ1n) is 11.5. The maximum absolute atomic E-state index is 13.3. The van der Waals surface area contributed by atoms with E-state index in [1.165, 1.54) is 25.7 Å². The van der Waals surface area contributed by atoms with Gasteiger partial charge in [0.15, 0.2) is 0 Å². The molecule has 31 heavy (non-hydrogen) atoms. The Morgan fingerprint density at radius 2 is 1.81 bits per heavy atom. The van der Waals surface area contributed by atoms with Gasteiger partial charge in [-0.15, -0.1) is 0 Å². The molecular weight excluding hydrogens is 410 g/mol. The summed E-state index contributed by atoms with van der Waals surface area (Å²) in [5.41, 5.74) is 1.76. The Balaban J connectivity index is 1.32. The van der Waals surface area contributed by atoms with E-state index in [1.807, 2.05) is 47.4 Å². The molecule has 2 aromatic carbocycles. The van der Waals surface area contributed by atoms with Gasteiger partial charge in [-0.05, 0) is 74.6 Å². The number of amides is 1. The van der Waals surface area contributed by atoms with E-state index in [2.05, 4.69) is 10.2 Å². The lowest BCUT2D eigenvalue weighted by Crippen LogP contribution is -2.35. The smallest absolute Gasteiger partial charge is 0.253 e. The van der Waals surface area contributed by atoms with Crippen LogP contribution in [0.2, 0.25) is 5.02 Å². The molecule has 5 nitrogen and oxygen atoms in total. The highest BCUT2D eigenvalue weighted by Gasteiger charge is 2.31. The molecule has 2 aliphatic carbocycles. The molecule has 1 saturated heterocycles. The van der Waals surface area contributed by atoms with E-state index in [9.17, 15) is 4.79 Å². The van der Waals surface area contributed by atoms with Gasteiger partial charge < -0.3 is 15.0 Å². The number of hydrogen-bond acceptors (Lipinski definition) is 4. The van der Waals surface area contributed by atoms with Crippen molar-refractivity contribution in [2.75, 3.05) is 26.2 Å². The molecule has 0 aromatic heterocycles. The first kappa shape index (κ1) is 20.8. The zero-order valence-electron chi connectivity index (χ0n) is 17.9. The summed E-state index contributed by atoms with van der Waals surface area (Å²) in [6.45, 7) is 4.45. The van der Waals surface area contributed by atoms with Crippen LogP contribution in [0.4, 0.5) is 0 Å². The van der Waals surface area contributed by atoms with Crippen molar-refractivity contribution in [3.05, 3.63) is 58.6 Å². The van der Waals surface area contributed by atoms with E-state index in [4.69, 9.17) is 16.3 Å². The zero-order valence-corrected chi connectivity index (χ0v) is 18.6. The number of nitrogens with one attached hydrogen (secondary N) is 1. The van der Waals surface area contributed by atoms with Crippen molar-refractivity contribution in [2.24, 2.45) is 0 Å². The molecule has 5 rings (SSSR count). The molecule has 3 aliphatic rings. The third kappa shape index (κ3) is 5.40. The van der Waals surface area contributed by atoms with Crippen LogP contribution in [0.1, 0.15) is 48.0 Å². The highest BCUT2D eigenvalue weighted by Crippen LogP contribution is 2.30. The number of rotatable bonds is 7. The molecule has 2 aromatic rings. The molecule has 3 fully saturated rings. The van der Waals surface area contributed by atoms with Crippen LogP contribution in [0, 0.1) is 0 Å². The minimum Gasteiger partial charge on any atom is -0.457 e. The third-order valence-electron chi connectivity index (χ3n) is 6.39. The standard InChI is InChI=1S/C25H30ClN3O2/c26-20-3-9-23(10-4-20)31-24-11-2-18(16-19(24)17-27-21-5-6-21)25(30)29-13-1-12-28(14-15-29)22-7-8-22/h2-4,9-11,16,21-22,27H,1,5-8,12-15,17H2. The summed E-state index contributed by atoms with van der Waals surface area (Å²) in [6.07, 6.45) is 6.13. The van der Waals surface area contributed by atoms with Crippen molar-refractivity contribution in [1.29, 1.82) is 0 Å². The predicted molar refractivity (Wildman–Crippen MR) is 123 cm³/mol. The Labute approximate surface area is 189 Å². The average molecular weight is 440 g/mol. The molecule has 2 saturated carbocycles. The third-order valence-corrected chi connectivity index (χ3v) is 6.64. The van der Waals surface area contributed by atoms with Gasteiger partial charge in [0.2, 0.25) is 0 Å². The Bertz CT molecular complexity index is 925. The van der Waals surface area contributed by atoms with E-state index in [-0.39, 0.29) is 5.91 Å². The fraction of sp³-hybridized carbons (Fsp3) is 0.480. The highest BCUT2D eigenvalue weighted by atomic mass is 35.5. The van der Waals surface area contributed by atoms with Crippen LogP contribution < -0.4 is 10.1 Å². The SMILES string of the molecule is O=C(c1ccc(Oc2ccc(Cl)cc2)c(CNC2CC2)c1)N1CCCN(C2CC2)CC1. The topological polar surface area (TPSA) is 44.8 Å². The predicted octanol–water partition coefficient (Wildman–Crippen LogP) is 4.69. The van der Waals surface area contributed by atoms with Crippen LogP contribution in [0.5, 0.6) is 11.5 Å². The molecule has 6 heteroatoms. The summed E-state index contributed by atoms with van der Waals surface area (Å²) in [5, 5.41) is 4.24. The number of carbonyl (C=O) groups is 1. The molecular formula is C25H30ClN3O2. The van der Waals surface area contributed by atoms with Gasteiger partial charge in [0.1, 0.15) is 11.5 Å². The maximum atomic E-state index is 13.3. The second-order valence-electron chi connectivity index (χ2n) is 8.95. The number of carbonyl (C=O) groups excluding carboxylic acids is 1. The number of nitrogens with zero attached hydrogens (tertiary/aromatic N) is 2. The Hall–Kier alpha value is -2.08. The number of ether oxygens (including phenoxy) is 1. The van der Waals surface area contributed by atoms with E-state index < -0.39 is 0 Å². The van der Waals surface area contributed by atoms with Crippen molar-refractivity contribution in [1.82, 2.24) is 15.1 Å². The molecule has 0 bridgehead atoms.